The molecule has 4 atom stereocenters. The van der Waals surface area contributed by atoms with Gasteiger partial charge in [-0.15, -0.1) is 0 Å². The molecule has 4 aliphatic rings. The third kappa shape index (κ3) is 0.952. The van der Waals surface area contributed by atoms with Gasteiger partial charge >= 0.3 is 0 Å². The highest BCUT2D eigenvalue weighted by Crippen LogP contribution is 2.62. The number of carbonyl (C=O) groups excluding carboxylic acids is 1. The van der Waals surface area contributed by atoms with Crippen LogP contribution in [0.1, 0.15) is 40.5 Å². The Hall–Kier alpha value is -0.850. The van der Waals surface area contributed by atoms with E-state index in [0.29, 0.717) is 17.6 Å². The number of ketones is 1. The lowest BCUT2D eigenvalue weighted by Crippen LogP contribution is -2.57. The normalized spacial score (nSPS) is 50.1. The molecular formula is C15H20O. The largest absolute Gasteiger partial charge is 0.298 e. The lowest BCUT2D eigenvalue weighted by molar-refractivity contribution is -0.147. The van der Waals surface area contributed by atoms with Gasteiger partial charge in [0.05, 0.1) is 0 Å². The molecule has 0 aromatic carbocycles. The maximum atomic E-state index is 12.6. The first-order valence-corrected chi connectivity index (χ1v) is 6.29. The first-order valence-electron chi connectivity index (χ1n) is 6.29. The van der Waals surface area contributed by atoms with Gasteiger partial charge in [0.25, 0.3) is 0 Å². The third-order valence-corrected chi connectivity index (χ3v) is 5.24. The summed E-state index contributed by atoms with van der Waals surface area (Å²) in [4.78, 5) is 12.6. The van der Waals surface area contributed by atoms with Gasteiger partial charge in [-0.3, -0.25) is 4.79 Å². The minimum atomic E-state index is -0.187. The molecule has 1 fully saturated rings. The van der Waals surface area contributed by atoms with Gasteiger partial charge in [0.2, 0.25) is 0 Å². The maximum absolute atomic E-state index is 12.6. The summed E-state index contributed by atoms with van der Waals surface area (Å²) in [5.41, 5.74) is 2.66. The molecule has 86 valence electrons. The SMILES string of the molecule is CC1=CCC2(C)C(=O)C3(C)C=C(C)C2C1C3. The van der Waals surface area contributed by atoms with Crippen LogP contribution < -0.4 is 0 Å². The predicted molar refractivity (Wildman–Crippen MR) is 64.9 cm³/mol. The Morgan fingerprint density at radius 3 is 2.62 bits per heavy atom. The van der Waals surface area contributed by atoms with Crippen LogP contribution >= 0.6 is 0 Å². The molecule has 0 aliphatic heterocycles. The molecule has 0 amide bonds. The monoisotopic (exact) mass is 216 g/mol. The molecule has 0 radical (unpaired) electrons. The van der Waals surface area contributed by atoms with Gasteiger partial charge in [-0.25, -0.2) is 0 Å². The summed E-state index contributed by atoms with van der Waals surface area (Å²) in [6.07, 6.45) is 6.53. The van der Waals surface area contributed by atoms with Crippen molar-refractivity contribution < 1.29 is 4.79 Å². The fourth-order valence-corrected chi connectivity index (χ4v) is 4.61. The highest BCUT2D eigenvalue weighted by Gasteiger charge is 2.60. The van der Waals surface area contributed by atoms with Gasteiger partial charge in [-0.2, -0.15) is 0 Å². The Labute approximate surface area is 97.6 Å². The van der Waals surface area contributed by atoms with Crippen LogP contribution in [0.15, 0.2) is 23.3 Å². The molecule has 0 N–H and O–H groups in total. The van der Waals surface area contributed by atoms with Gasteiger partial charge in [-0.05, 0) is 45.4 Å². The topological polar surface area (TPSA) is 17.1 Å². The molecular weight excluding hydrogens is 196 g/mol. The van der Waals surface area contributed by atoms with Crippen LogP contribution in [-0.2, 0) is 4.79 Å². The number of hydrogen-bond donors (Lipinski definition) is 0. The van der Waals surface area contributed by atoms with Crippen molar-refractivity contribution in [2.24, 2.45) is 22.7 Å². The van der Waals surface area contributed by atoms with Gasteiger partial charge in [0.15, 0.2) is 0 Å². The van der Waals surface area contributed by atoms with Crippen LogP contribution in [0.5, 0.6) is 0 Å². The van der Waals surface area contributed by atoms with E-state index in [1.807, 2.05) is 0 Å². The number of allylic oxidation sites excluding steroid dienone is 4. The van der Waals surface area contributed by atoms with Gasteiger partial charge in [-0.1, -0.05) is 30.2 Å². The first kappa shape index (κ1) is 10.3. The zero-order chi connectivity index (χ0) is 11.7. The molecule has 0 aromatic rings. The second-order valence-corrected chi connectivity index (χ2v) is 6.49. The minimum Gasteiger partial charge on any atom is -0.298 e. The van der Waals surface area contributed by atoms with Crippen LogP contribution in [0.2, 0.25) is 0 Å². The van der Waals surface area contributed by atoms with Gasteiger partial charge in [0, 0.05) is 10.8 Å². The molecule has 4 bridgehead atoms. The number of rotatable bonds is 0. The average Bonchev–Trinajstić information content (AvgIpc) is 2.20. The van der Waals surface area contributed by atoms with Gasteiger partial charge in [0.1, 0.15) is 5.78 Å². The molecule has 0 aromatic heterocycles. The molecule has 4 rings (SSSR count). The molecule has 4 unspecified atom stereocenters. The lowest BCUT2D eigenvalue weighted by atomic mass is 9.44. The fourth-order valence-electron chi connectivity index (χ4n) is 4.61. The minimum absolute atomic E-state index is 0.115. The lowest BCUT2D eigenvalue weighted by Gasteiger charge is -2.58. The van der Waals surface area contributed by atoms with Crippen molar-refractivity contribution in [3.8, 4) is 0 Å². The summed E-state index contributed by atoms with van der Waals surface area (Å²) >= 11 is 0. The number of Topliss-reactive ketones (excluding diaryl/α,β-unsaturated/α-hetero) is 1. The average molecular weight is 216 g/mol. The Kier molecular flexibility index (Phi) is 1.74. The van der Waals surface area contributed by atoms with E-state index in [1.165, 1.54) is 11.1 Å². The van der Waals surface area contributed by atoms with Crippen molar-refractivity contribution >= 4 is 5.78 Å². The second-order valence-electron chi connectivity index (χ2n) is 6.49. The highest BCUT2D eigenvalue weighted by molar-refractivity contribution is 5.95. The molecule has 0 heterocycles. The van der Waals surface area contributed by atoms with Gasteiger partial charge < -0.3 is 0 Å². The molecule has 4 aliphatic carbocycles. The Morgan fingerprint density at radius 1 is 1.25 bits per heavy atom. The van der Waals surface area contributed by atoms with Crippen molar-refractivity contribution in [3.63, 3.8) is 0 Å². The first-order chi connectivity index (χ1) is 7.38. The van der Waals surface area contributed by atoms with E-state index in [0.717, 1.165) is 12.8 Å². The maximum Gasteiger partial charge on any atom is 0.149 e. The fraction of sp³-hybridized carbons (Fsp3) is 0.667. The van der Waals surface area contributed by atoms with Crippen molar-refractivity contribution in [2.45, 2.75) is 40.5 Å². The standard InChI is InChI=1S/C15H20O/c1-9-5-6-15(4)12-10(2)7-14(3,13(15)16)8-11(9)12/h5,7,11-12H,6,8H2,1-4H3. The van der Waals surface area contributed by atoms with Crippen LogP contribution in [-0.4, -0.2) is 5.78 Å². The number of hydrogen-bond acceptors (Lipinski definition) is 1. The Balaban J connectivity index is 2.26. The van der Waals surface area contributed by atoms with E-state index < -0.39 is 0 Å². The van der Waals surface area contributed by atoms with Crippen molar-refractivity contribution in [2.75, 3.05) is 0 Å². The van der Waals surface area contributed by atoms with Crippen LogP contribution in [0.25, 0.3) is 0 Å². The Morgan fingerprint density at radius 2 is 1.94 bits per heavy atom. The van der Waals surface area contributed by atoms with Crippen LogP contribution in [0.4, 0.5) is 0 Å². The molecule has 1 saturated carbocycles. The highest BCUT2D eigenvalue weighted by atomic mass is 16.1. The summed E-state index contributed by atoms with van der Waals surface area (Å²) in [6.45, 7) is 8.78. The molecule has 1 heteroatoms. The van der Waals surface area contributed by atoms with E-state index in [-0.39, 0.29) is 10.8 Å². The smallest absolute Gasteiger partial charge is 0.149 e. The summed E-state index contributed by atoms with van der Waals surface area (Å²) < 4.78 is 0. The summed E-state index contributed by atoms with van der Waals surface area (Å²) in [7, 11) is 0. The zero-order valence-corrected chi connectivity index (χ0v) is 10.6. The predicted octanol–water partition coefficient (Wildman–Crippen LogP) is 3.51. The van der Waals surface area contributed by atoms with E-state index in [4.69, 9.17) is 0 Å². The van der Waals surface area contributed by atoms with Crippen LogP contribution in [0, 0.1) is 22.7 Å². The molecule has 16 heavy (non-hydrogen) atoms. The molecule has 0 spiro atoms. The summed E-state index contributed by atoms with van der Waals surface area (Å²) in [6, 6.07) is 0. The molecule has 0 saturated heterocycles. The Bertz CT molecular complexity index is 442. The van der Waals surface area contributed by atoms with Crippen molar-refractivity contribution in [3.05, 3.63) is 23.3 Å². The molecule has 1 nitrogen and oxygen atoms in total. The van der Waals surface area contributed by atoms with E-state index in [1.54, 1.807) is 0 Å². The summed E-state index contributed by atoms with van der Waals surface area (Å²) in [5, 5.41) is 0. The van der Waals surface area contributed by atoms with Crippen molar-refractivity contribution in [1.82, 2.24) is 0 Å². The van der Waals surface area contributed by atoms with E-state index >= 15 is 0 Å². The summed E-state index contributed by atoms with van der Waals surface area (Å²) in [5.74, 6) is 1.58. The van der Waals surface area contributed by atoms with Crippen molar-refractivity contribution in [1.29, 1.82) is 0 Å². The third-order valence-electron chi connectivity index (χ3n) is 5.24. The number of carbonyl (C=O) groups is 1. The van der Waals surface area contributed by atoms with Crippen LogP contribution in [0.3, 0.4) is 0 Å². The van der Waals surface area contributed by atoms with E-state index in [9.17, 15) is 4.79 Å². The quantitative estimate of drug-likeness (QED) is 0.566. The van der Waals surface area contributed by atoms with E-state index in [2.05, 4.69) is 39.8 Å². The zero-order valence-electron chi connectivity index (χ0n) is 10.6. The second kappa shape index (κ2) is 2.69.